The average Bonchev–Trinajstić information content (AvgIpc) is 2.72. The molecule has 1 N–H and O–H groups in total. The maximum Gasteiger partial charge on any atom is 0.0964 e. The molecule has 0 saturated carbocycles. The summed E-state index contributed by atoms with van der Waals surface area (Å²) in [6.45, 7) is 7.77. The lowest BCUT2D eigenvalue weighted by Gasteiger charge is -2.03. The van der Waals surface area contributed by atoms with E-state index in [1.54, 1.807) is 7.11 Å². The minimum Gasteiger partial charge on any atom is -0.383 e. The number of rotatable bonds is 9. The summed E-state index contributed by atoms with van der Waals surface area (Å²) in [5.41, 5.74) is 0.991. The van der Waals surface area contributed by atoms with E-state index in [9.17, 15) is 0 Å². The molecule has 1 rings (SSSR count). The molecule has 17 heavy (non-hydrogen) atoms. The van der Waals surface area contributed by atoms with E-state index >= 15 is 0 Å². The Morgan fingerprint density at radius 1 is 1.47 bits per heavy atom. The smallest absolute Gasteiger partial charge is 0.0964 e. The van der Waals surface area contributed by atoms with Gasteiger partial charge in [0.15, 0.2) is 0 Å². The van der Waals surface area contributed by atoms with Gasteiger partial charge in [-0.25, -0.2) is 0 Å². The Kier molecular flexibility index (Phi) is 6.81. The molecule has 0 fully saturated rings. The van der Waals surface area contributed by atoms with Crippen molar-refractivity contribution in [3.05, 3.63) is 11.9 Å². The van der Waals surface area contributed by atoms with Crippen LogP contribution in [0.3, 0.4) is 0 Å². The Bertz CT molecular complexity index is 298. The molecular weight excluding hydrogens is 216 g/mol. The van der Waals surface area contributed by atoms with Crippen molar-refractivity contribution >= 4 is 0 Å². The zero-order chi connectivity index (χ0) is 12.5. The minimum absolute atomic E-state index is 0.725. The van der Waals surface area contributed by atoms with Crippen LogP contribution in [0.4, 0.5) is 0 Å². The van der Waals surface area contributed by atoms with Crippen LogP contribution in [-0.4, -0.2) is 35.3 Å². The molecule has 0 aromatic carbocycles. The summed E-state index contributed by atoms with van der Waals surface area (Å²) < 4.78 is 6.88. The summed E-state index contributed by atoms with van der Waals surface area (Å²) in [5, 5.41) is 11.5. The molecule has 0 atom stereocenters. The van der Waals surface area contributed by atoms with E-state index in [1.807, 2.05) is 10.9 Å². The molecule has 0 aliphatic carbocycles. The number of methoxy groups -OCH3 is 1. The molecule has 0 radical (unpaired) electrons. The monoisotopic (exact) mass is 240 g/mol. The molecule has 0 spiro atoms. The number of ether oxygens (including phenoxy) is 1. The maximum atomic E-state index is 4.96. The Hall–Kier alpha value is -0.940. The molecule has 1 aromatic heterocycles. The van der Waals surface area contributed by atoms with Gasteiger partial charge < -0.3 is 10.1 Å². The van der Waals surface area contributed by atoms with Gasteiger partial charge in [0.2, 0.25) is 0 Å². The van der Waals surface area contributed by atoms with Gasteiger partial charge in [-0.05, 0) is 18.8 Å². The van der Waals surface area contributed by atoms with E-state index in [0.717, 1.165) is 44.3 Å². The predicted molar refractivity (Wildman–Crippen MR) is 67.7 cm³/mol. The first kappa shape index (κ1) is 14.1. The van der Waals surface area contributed by atoms with Gasteiger partial charge in [0.25, 0.3) is 0 Å². The van der Waals surface area contributed by atoms with Crippen molar-refractivity contribution in [1.29, 1.82) is 0 Å². The highest BCUT2D eigenvalue weighted by molar-refractivity contribution is 4.91. The molecule has 0 unspecified atom stereocenters. The van der Waals surface area contributed by atoms with Gasteiger partial charge in [0.1, 0.15) is 0 Å². The highest BCUT2D eigenvalue weighted by Gasteiger charge is 2.01. The van der Waals surface area contributed by atoms with Crippen LogP contribution in [0.15, 0.2) is 6.20 Å². The van der Waals surface area contributed by atoms with Crippen molar-refractivity contribution in [2.24, 2.45) is 5.92 Å². The van der Waals surface area contributed by atoms with Crippen molar-refractivity contribution in [1.82, 2.24) is 20.3 Å². The van der Waals surface area contributed by atoms with Crippen LogP contribution in [0, 0.1) is 5.92 Å². The van der Waals surface area contributed by atoms with Crippen LogP contribution in [0.25, 0.3) is 0 Å². The molecule has 1 heterocycles. The lowest BCUT2D eigenvalue weighted by atomic mass is 10.1. The van der Waals surface area contributed by atoms with Gasteiger partial charge in [-0.2, -0.15) is 0 Å². The highest BCUT2D eigenvalue weighted by atomic mass is 16.5. The van der Waals surface area contributed by atoms with Crippen molar-refractivity contribution in [2.75, 3.05) is 20.3 Å². The van der Waals surface area contributed by atoms with Crippen LogP contribution >= 0.6 is 0 Å². The first-order chi connectivity index (χ1) is 8.22. The van der Waals surface area contributed by atoms with Crippen molar-refractivity contribution in [3.8, 4) is 0 Å². The Morgan fingerprint density at radius 2 is 2.29 bits per heavy atom. The van der Waals surface area contributed by atoms with E-state index < -0.39 is 0 Å². The zero-order valence-corrected chi connectivity index (χ0v) is 11.1. The van der Waals surface area contributed by atoms with Crippen LogP contribution in [-0.2, 0) is 17.8 Å². The molecule has 1 aromatic rings. The molecule has 0 saturated heterocycles. The van der Waals surface area contributed by atoms with Crippen LogP contribution in [0.5, 0.6) is 0 Å². The third-order valence-corrected chi connectivity index (χ3v) is 2.54. The standard InChI is InChI=1S/C12H24N4O/c1-11(2)5-4-7-16-10-12(14-15-16)9-13-6-8-17-3/h10-11,13H,4-9H2,1-3H3. The molecule has 5 nitrogen and oxygen atoms in total. The second-order valence-corrected chi connectivity index (χ2v) is 4.68. The summed E-state index contributed by atoms with van der Waals surface area (Å²) in [6.07, 6.45) is 4.42. The predicted octanol–water partition coefficient (Wildman–Crippen LogP) is 1.45. The summed E-state index contributed by atoms with van der Waals surface area (Å²) in [4.78, 5) is 0. The second kappa shape index (κ2) is 8.20. The quantitative estimate of drug-likeness (QED) is 0.664. The first-order valence-corrected chi connectivity index (χ1v) is 6.31. The fraction of sp³-hybridized carbons (Fsp3) is 0.833. The van der Waals surface area contributed by atoms with Gasteiger partial charge in [0.05, 0.1) is 12.3 Å². The molecule has 0 aliphatic rings. The van der Waals surface area contributed by atoms with Gasteiger partial charge in [-0.3, -0.25) is 4.68 Å². The fourth-order valence-electron chi connectivity index (χ4n) is 1.58. The number of hydrogen-bond acceptors (Lipinski definition) is 4. The van der Waals surface area contributed by atoms with Gasteiger partial charge in [-0.1, -0.05) is 19.1 Å². The molecule has 0 amide bonds. The minimum atomic E-state index is 0.725. The van der Waals surface area contributed by atoms with Crippen LogP contribution in [0.2, 0.25) is 0 Å². The van der Waals surface area contributed by atoms with E-state index in [4.69, 9.17) is 4.74 Å². The normalized spacial score (nSPS) is 11.3. The van der Waals surface area contributed by atoms with E-state index in [2.05, 4.69) is 29.5 Å². The number of nitrogens with zero attached hydrogens (tertiary/aromatic N) is 3. The number of hydrogen-bond donors (Lipinski definition) is 1. The molecule has 0 aliphatic heterocycles. The molecular formula is C12H24N4O. The summed E-state index contributed by atoms with van der Waals surface area (Å²) >= 11 is 0. The molecule has 0 bridgehead atoms. The first-order valence-electron chi connectivity index (χ1n) is 6.31. The van der Waals surface area contributed by atoms with Gasteiger partial charge in [-0.15, -0.1) is 5.10 Å². The lowest BCUT2D eigenvalue weighted by molar-refractivity contribution is 0.199. The van der Waals surface area contributed by atoms with Crippen molar-refractivity contribution in [2.45, 2.75) is 39.8 Å². The highest BCUT2D eigenvalue weighted by Crippen LogP contribution is 2.04. The number of aromatic nitrogens is 3. The Morgan fingerprint density at radius 3 is 3.00 bits per heavy atom. The van der Waals surface area contributed by atoms with Crippen LogP contribution in [0.1, 0.15) is 32.4 Å². The zero-order valence-electron chi connectivity index (χ0n) is 11.1. The molecule has 5 heteroatoms. The van der Waals surface area contributed by atoms with Gasteiger partial charge >= 0.3 is 0 Å². The topological polar surface area (TPSA) is 52.0 Å². The molecule has 98 valence electrons. The SMILES string of the molecule is COCCNCc1cn(CCCC(C)C)nn1. The summed E-state index contributed by atoms with van der Waals surface area (Å²) in [5.74, 6) is 0.758. The van der Waals surface area contributed by atoms with Crippen LogP contribution < -0.4 is 5.32 Å². The third kappa shape index (κ3) is 6.38. The summed E-state index contributed by atoms with van der Waals surface area (Å²) in [7, 11) is 1.70. The lowest BCUT2D eigenvalue weighted by Crippen LogP contribution is -2.18. The second-order valence-electron chi connectivity index (χ2n) is 4.68. The summed E-state index contributed by atoms with van der Waals surface area (Å²) in [6, 6.07) is 0. The van der Waals surface area contributed by atoms with Crippen molar-refractivity contribution in [3.63, 3.8) is 0 Å². The Labute approximate surface area is 104 Å². The van der Waals surface area contributed by atoms with E-state index in [0.29, 0.717) is 0 Å². The maximum absolute atomic E-state index is 4.96. The van der Waals surface area contributed by atoms with E-state index in [-0.39, 0.29) is 0 Å². The fourth-order valence-corrected chi connectivity index (χ4v) is 1.58. The largest absolute Gasteiger partial charge is 0.383 e. The number of nitrogens with one attached hydrogen (secondary N) is 1. The third-order valence-electron chi connectivity index (χ3n) is 2.54. The average molecular weight is 240 g/mol. The Balaban J connectivity index is 2.18. The van der Waals surface area contributed by atoms with Crippen molar-refractivity contribution < 1.29 is 4.74 Å². The number of aryl methyl sites for hydroxylation is 1. The van der Waals surface area contributed by atoms with E-state index in [1.165, 1.54) is 6.42 Å². The van der Waals surface area contributed by atoms with Gasteiger partial charge in [0, 0.05) is 32.9 Å².